The number of aliphatic hydroxyl groups is 2. The van der Waals surface area contributed by atoms with Gasteiger partial charge in [0, 0.05) is 36.8 Å². The first kappa shape index (κ1) is 36.6. The molecule has 1 aliphatic heterocycles. The standard InChI is InChI=1S/C36H47N9O5/c1-22(38-19-30(46)45-14-6-7-27(45)18-37)17-36(33-41-43-44-42-33)28-12-10-25(31(47)39-20-34(2,3)49)15-23(28)8-9-24-16-26(11-13-29(24)36)32(48)40-21-35(4,5)50/h10-13,15-16,22,27,38,49-50H,6-9,14,17,19-21H2,1-5H3,(H,39,47)(H,40,48)(H,41,42,43,44)/t22-,27-/m0/s1. The highest BCUT2D eigenvalue weighted by Crippen LogP contribution is 2.47. The summed E-state index contributed by atoms with van der Waals surface area (Å²) in [5, 5.41) is 54.2. The summed E-state index contributed by atoms with van der Waals surface area (Å²) in [6, 6.07) is 12.6. The van der Waals surface area contributed by atoms with Crippen molar-refractivity contribution < 1.29 is 24.6 Å². The van der Waals surface area contributed by atoms with Crippen LogP contribution in [0, 0.1) is 11.3 Å². The molecule has 3 aromatic rings. The molecular formula is C36H47N9O5. The molecule has 2 aliphatic rings. The van der Waals surface area contributed by atoms with Crippen molar-refractivity contribution in [1.82, 2.24) is 41.5 Å². The first-order chi connectivity index (χ1) is 23.6. The Morgan fingerprint density at radius 3 is 2.04 bits per heavy atom. The molecular weight excluding hydrogens is 638 g/mol. The number of tetrazole rings is 1. The molecule has 14 heteroatoms. The van der Waals surface area contributed by atoms with Gasteiger partial charge in [-0.15, -0.1) is 5.10 Å². The summed E-state index contributed by atoms with van der Waals surface area (Å²) in [7, 11) is 0. The molecule has 3 amide bonds. The number of aryl methyl sites for hydroxylation is 2. The number of hydrogen-bond acceptors (Lipinski definition) is 10. The molecule has 1 saturated heterocycles. The van der Waals surface area contributed by atoms with Crippen molar-refractivity contribution in [3.63, 3.8) is 0 Å². The van der Waals surface area contributed by atoms with Crippen molar-refractivity contribution in [2.24, 2.45) is 0 Å². The number of benzene rings is 2. The molecule has 0 bridgehead atoms. The first-order valence-corrected chi connectivity index (χ1v) is 17.1. The van der Waals surface area contributed by atoms with E-state index >= 15 is 0 Å². The van der Waals surface area contributed by atoms with E-state index in [2.05, 4.69) is 42.6 Å². The third kappa shape index (κ3) is 8.18. The number of likely N-dealkylation sites (tertiary alicyclic amines) is 1. The molecule has 0 saturated carbocycles. The largest absolute Gasteiger partial charge is 0.389 e. The van der Waals surface area contributed by atoms with Crippen LogP contribution in [0.1, 0.15) is 103 Å². The Bertz CT molecular complexity index is 1670. The molecule has 0 unspecified atom stereocenters. The zero-order chi connectivity index (χ0) is 36.3. The van der Waals surface area contributed by atoms with E-state index in [0.717, 1.165) is 28.7 Å². The highest BCUT2D eigenvalue weighted by Gasteiger charge is 2.45. The molecule has 0 spiro atoms. The van der Waals surface area contributed by atoms with Crippen molar-refractivity contribution in [2.45, 2.75) is 95.4 Å². The second kappa shape index (κ2) is 14.6. The van der Waals surface area contributed by atoms with Gasteiger partial charge in [0.25, 0.3) is 11.8 Å². The maximum absolute atomic E-state index is 13.2. The molecule has 0 radical (unpaired) electrons. The molecule has 1 aliphatic carbocycles. The van der Waals surface area contributed by atoms with Crippen molar-refractivity contribution >= 4 is 17.7 Å². The summed E-state index contributed by atoms with van der Waals surface area (Å²) in [6.07, 6.45) is 2.94. The number of aromatic amines is 1. The van der Waals surface area contributed by atoms with Crippen LogP contribution < -0.4 is 16.0 Å². The van der Waals surface area contributed by atoms with Gasteiger partial charge in [0.15, 0.2) is 5.82 Å². The summed E-state index contributed by atoms with van der Waals surface area (Å²) in [4.78, 5) is 41.2. The lowest BCUT2D eigenvalue weighted by atomic mass is 9.67. The average molecular weight is 686 g/mol. The lowest BCUT2D eigenvalue weighted by Crippen LogP contribution is -2.45. The zero-order valence-electron chi connectivity index (χ0n) is 29.3. The van der Waals surface area contributed by atoms with Gasteiger partial charge in [-0.3, -0.25) is 14.4 Å². The van der Waals surface area contributed by atoms with Gasteiger partial charge in [0.05, 0.1) is 29.2 Å². The lowest BCUT2D eigenvalue weighted by molar-refractivity contribution is -0.130. The van der Waals surface area contributed by atoms with Gasteiger partial charge in [-0.2, -0.15) is 5.26 Å². The van der Waals surface area contributed by atoms with Crippen molar-refractivity contribution in [1.29, 1.82) is 5.26 Å². The van der Waals surface area contributed by atoms with Gasteiger partial charge in [-0.1, -0.05) is 12.1 Å². The second-order valence-corrected chi connectivity index (χ2v) is 14.7. The molecule has 266 valence electrons. The van der Waals surface area contributed by atoms with Crippen LogP contribution in [-0.4, -0.2) is 103 Å². The number of aromatic nitrogens is 4. The third-order valence-corrected chi connectivity index (χ3v) is 9.37. The summed E-state index contributed by atoms with van der Waals surface area (Å²) in [5.41, 5.74) is 1.24. The van der Waals surface area contributed by atoms with E-state index in [1.54, 1.807) is 44.7 Å². The molecule has 2 atom stereocenters. The molecule has 5 rings (SSSR count). The Morgan fingerprint density at radius 2 is 1.56 bits per heavy atom. The monoisotopic (exact) mass is 685 g/mol. The highest BCUT2D eigenvalue weighted by atomic mass is 16.3. The van der Waals surface area contributed by atoms with Crippen molar-refractivity contribution in [3.8, 4) is 6.07 Å². The van der Waals surface area contributed by atoms with Crippen LogP contribution in [0.2, 0.25) is 0 Å². The van der Waals surface area contributed by atoms with Crippen LogP contribution >= 0.6 is 0 Å². The lowest BCUT2D eigenvalue weighted by Gasteiger charge is -2.37. The maximum atomic E-state index is 13.2. The van der Waals surface area contributed by atoms with Crippen LogP contribution in [0.15, 0.2) is 36.4 Å². The minimum atomic E-state index is -1.08. The fraction of sp³-hybridized carbons (Fsp3) is 0.528. The fourth-order valence-corrected chi connectivity index (χ4v) is 6.93. The number of H-pyrrole nitrogens is 1. The fourth-order valence-electron chi connectivity index (χ4n) is 6.93. The van der Waals surface area contributed by atoms with Gasteiger partial charge in [0.2, 0.25) is 5.91 Å². The van der Waals surface area contributed by atoms with E-state index < -0.39 is 22.7 Å². The van der Waals surface area contributed by atoms with Gasteiger partial charge in [-0.05, 0) is 124 Å². The number of nitrogens with one attached hydrogen (secondary N) is 4. The second-order valence-electron chi connectivity index (χ2n) is 14.7. The highest BCUT2D eigenvalue weighted by molar-refractivity contribution is 5.95. The van der Waals surface area contributed by atoms with Crippen molar-refractivity contribution in [2.75, 3.05) is 26.2 Å². The number of amides is 3. The van der Waals surface area contributed by atoms with Crippen LogP contribution in [-0.2, 0) is 23.1 Å². The predicted molar refractivity (Wildman–Crippen MR) is 184 cm³/mol. The van der Waals surface area contributed by atoms with E-state index in [1.807, 2.05) is 31.2 Å². The molecule has 2 aromatic carbocycles. The van der Waals surface area contributed by atoms with Gasteiger partial charge in [-0.25, -0.2) is 5.10 Å². The third-order valence-electron chi connectivity index (χ3n) is 9.37. The average Bonchev–Trinajstić information content (AvgIpc) is 3.77. The van der Waals surface area contributed by atoms with Crippen LogP contribution in [0.4, 0.5) is 0 Å². The minimum Gasteiger partial charge on any atom is -0.389 e. The Morgan fingerprint density at radius 1 is 1.00 bits per heavy atom. The Balaban J connectivity index is 1.56. The number of nitrogens with zero attached hydrogens (tertiary/aromatic N) is 5. The van der Waals surface area contributed by atoms with Gasteiger partial charge >= 0.3 is 0 Å². The Kier molecular flexibility index (Phi) is 10.7. The molecule has 1 fully saturated rings. The van der Waals surface area contributed by atoms with E-state index in [9.17, 15) is 29.9 Å². The van der Waals surface area contributed by atoms with E-state index in [-0.39, 0.29) is 43.4 Å². The number of hydrogen-bond donors (Lipinski definition) is 6. The Labute approximate surface area is 292 Å². The minimum absolute atomic E-state index is 0.0461. The maximum Gasteiger partial charge on any atom is 0.251 e. The smallest absolute Gasteiger partial charge is 0.251 e. The SMILES string of the molecule is C[C@@H](CC1(c2nnn[nH]2)c2ccc(C(=O)NCC(C)(C)O)cc2CCc2cc(C(=O)NCC(C)(C)O)ccc21)NCC(=O)N1CCC[C@H]1C#N. The number of rotatable bonds is 12. The summed E-state index contributed by atoms with van der Waals surface area (Å²) in [6.45, 7) is 9.22. The summed E-state index contributed by atoms with van der Waals surface area (Å²) < 4.78 is 0. The van der Waals surface area contributed by atoms with E-state index in [0.29, 0.717) is 49.2 Å². The molecule has 6 N–H and O–H groups in total. The Hall–Kier alpha value is -4.71. The first-order valence-electron chi connectivity index (χ1n) is 17.1. The van der Waals surface area contributed by atoms with Crippen LogP contribution in [0.25, 0.3) is 0 Å². The molecule has 14 nitrogen and oxygen atoms in total. The van der Waals surface area contributed by atoms with E-state index in [4.69, 9.17) is 0 Å². The van der Waals surface area contributed by atoms with Gasteiger partial charge < -0.3 is 31.1 Å². The van der Waals surface area contributed by atoms with Crippen LogP contribution in [0.5, 0.6) is 0 Å². The van der Waals surface area contributed by atoms with Crippen molar-refractivity contribution in [3.05, 3.63) is 75.6 Å². The molecule has 1 aromatic heterocycles. The van der Waals surface area contributed by atoms with Gasteiger partial charge in [0.1, 0.15) is 6.04 Å². The summed E-state index contributed by atoms with van der Waals surface area (Å²) in [5.74, 6) is -0.313. The number of fused-ring (bicyclic) bond motifs is 2. The number of carbonyl (C=O) groups is 3. The number of carbonyl (C=O) groups excluding carboxylic acids is 3. The zero-order valence-corrected chi connectivity index (χ0v) is 29.3. The predicted octanol–water partition coefficient (Wildman–Crippen LogP) is 1.52. The van der Waals surface area contributed by atoms with Crippen LogP contribution in [0.3, 0.4) is 0 Å². The topological polar surface area (TPSA) is 209 Å². The number of nitriles is 1. The normalized spacial score (nSPS) is 17.6. The quantitative estimate of drug-likeness (QED) is 0.162. The molecule has 2 heterocycles. The van der Waals surface area contributed by atoms with E-state index in [1.165, 1.54) is 0 Å². The summed E-state index contributed by atoms with van der Waals surface area (Å²) >= 11 is 0. The molecule has 50 heavy (non-hydrogen) atoms.